The van der Waals surface area contributed by atoms with E-state index < -0.39 is 11.6 Å². The summed E-state index contributed by atoms with van der Waals surface area (Å²) in [5.41, 5.74) is 6.29. The number of nitrogens with zero attached hydrogens (tertiary/aromatic N) is 2. The molecule has 0 saturated heterocycles. The number of aromatic nitrogens is 1. The molecule has 0 aliphatic heterocycles. The summed E-state index contributed by atoms with van der Waals surface area (Å²) < 4.78 is 27.4. The number of anilines is 1. The fourth-order valence-corrected chi connectivity index (χ4v) is 2.39. The van der Waals surface area contributed by atoms with E-state index in [1.165, 1.54) is 0 Å². The highest BCUT2D eigenvalue weighted by molar-refractivity contribution is 7.99. The Morgan fingerprint density at radius 1 is 1.26 bits per heavy atom. The number of nitriles is 1. The van der Waals surface area contributed by atoms with Gasteiger partial charge >= 0.3 is 0 Å². The number of aryl methyl sites for hydroxylation is 1. The summed E-state index contributed by atoms with van der Waals surface area (Å²) in [5, 5.41) is 9.23. The molecular weight excluding hydrogens is 268 g/mol. The van der Waals surface area contributed by atoms with E-state index in [0.29, 0.717) is 5.69 Å². The van der Waals surface area contributed by atoms with E-state index in [1.807, 2.05) is 6.07 Å². The van der Waals surface area contributed by atoms with Gasteiger partial charge in [0.25, 0.3) is 0 Å². The summed E-state index contributed by atoms with van der Waals surface area (Å²) in [4.78, 5) is 3.90. The van der Waals surface area contributed by atoms with Gasteiger partial charge in [-0.15, -0.1) is 0 Å². The summed E-state index contributed by atoms with van der Waals surface area (Å²) in [7, 11) is 0. The normalized spacial score (nSPS) is 10.2. The molecular formula is C13H9F2N3S. The molecule has 19 heavy (non-hydrogen) atoms. The number of nitrogen functional groups attached to an aromatic ring is 1. The van der Waals surface area contributed by atoms with E-state index in [1.54, 1.807) is 19.1 Å². The smallest absolute Gasteiger partial charge is 0.142 e. The van der Waals surface area contributed by atoms with Gasteiger partial charge in [-0.25, -0.2) is 13.8 Å². The minimum absolute atomic E-state index is 0.0112. The first-order valence-corrected chi connectivity index (χ1v) is 6.13. The van der Waals surface area contributed by atoms with Crippen LogP contribution in [0.2, 0.25) is 0 Å². The predicted octanol–water partition coefficient (Wildman–Crippen LogP) is 3.27. The van der Waals surface area contributed by atoms with Crippen molar-refractivity contribution in [2.75, 3.05) is 5.73 Å². The Balaban J connectivity index is 2.48. The largest absolute Gasteiger partial charge is 0.399 e. The van der Waals surface area contributed by atoms with E-state index in [2.05, 4.69) is 4.98 Å². The molecule has 0 bridgehead atoms. The molecule has 0 aliphatic rings. The van der Waals surface area contributed by atoms with Crippen molar-refractivity contribution >= 4 is 17.4 Å². The zero-order valence-corrected chi connectivity index (χ0v) is 10.8. The van der Waals surface area contributed by atoms with Crippen LogP contribution >= 0.6 is 11.8 Å². The van der Waals surface area contributed by atoms with Gasteiger partial charge in [0, 0.05) is 11.4 Å². The standard InChI is InChI=1S/C13H9F2N3S/c1-7-2-3-8(6-16)13(18-7)19-12-10(14)4-9(17)5-11(12)15/h2-5H,17H2,1H3. The lowest BCUT2D eigenvalue weighted by Gasteiger charge is -2.07. The summed E-state index contributed by atoms with van der Waals surface area (Å²) in [5.74, 6) is -1.54. The molecule has 2 rings (SSSR count). The SMILES string of the molecule is Cc1ccc(C#N)c(Sc2c(F)cc(N)cc2F)n1. The molecule has 1 aromatic heterocycles. The van der Waals surface area contributed by atoms with E-state index in [0.717, 1.165) is 23.9 Å². The lowest BCUT2D eigenvalue weighted by atomic mass is 10.3. The zero-order chi connectivity index (χ0) is 14.0. The van der Waals surface area contributed by atoms with Gasteiger partial charge in [-0.05, 0) is 31.2 Å². The molecule has 1 aromatic carbocycles. The van der Waals surface area contributed by atoms with E-state index >= 15 is 0 Å². The average Bonchev–Trinajstić information content (AvgIpc) is 2.34. The van der Waals surface area contributed by atoms with Crippen molar-refractivity contribution in [2.24, 2.45) is 0 Å². The van der Waals surface area contributed by atoms with Crippen LogP contribution in [0.4, 0.5) is 14.5 Å². The van der Waals surface area contributed by atoms with Crippen LogP contribution in [-0.4, -0.2) is 4.98 Å². The molecule has 0 aliphatic carbocycles. The summed E-state index contributed by atoms with van der Waals surface area (Å²) >= 11 is 0.776. The number of benzene rings is 1. The predicted molar refractivity (Wildman–Crippen MR) is 68.6 cm³/mol. The number of pyridine rings is 1. The van der Waals surface area contributed by atoms with Crippen molar-refractivity contribution < 1.29 is 8.78 Å². The molecule has 0 saturated carbocycles. The van der Waals surface area contributed by atoms with Gasteiger partial charge in [0.15, 0.2) is 0 Å². The van der Waals surface area contributed by atoms with Gasteiger partial charge in [0.05, 0.1) is 10.5 Å². The van der Waals surface area contributed by atoms with E-state index in [-0.39, 0.29) is 21.2 Å². The topological polar surface area (TPSA) is 62.7 Å². The Morgan fingerprint density at radius 3 is 2.47 bits per heavy atom. The second kappa shape index (κ2) is 5.24. The van der Waals surface area contributed by atoms with Crippen LogP contribution < -0.4 is 5.73 Å². The highest BCUT2D eigenvalue weighted by Crippen LogP contribution is 2.33. The number of hydrogen-bond donors (Lipinski definition) is 1. The van der Waals surface area contributed by atoms with Crippen molar-refractivity contribution in [3.63, 3.8) is 0 Å². The Hall–Kier alpha value is -2.13. The molecule has 2 aromatic rings. The first-order valence-electron chi connectivity index (χ1n) is 5.31. The van der Waals surface area contributed by atoms with Crippen LogP contribution in [0, 0.1) is 29.9 Å². The lowest BCUT2D eigenvalue weighted by Crippen LogP contribution is -1.95. The molecule has 6 heteroatoms. The maximum Gasteiger partial charge on any atom is 0.142 e. The second-order valence-electron chi connectivity index (χ2n) is 3.83. The van der Waals surface area contributed by atoms with Crippen LogP contribution in [0.1, 0.15) is 11.3 Å². The molecule has 96 valence electrons. The van der Waals surface area contributed by atoms with Crippen LogP contribution in [0.25, 0.3) is 0 Å². The number of halogens is 2. The highest BCUT2D eigenvalue weighted by Gasteiger charge is 2.15. The van der Waals surface area contributed by atoms with E-state index in [9.17, 15) is 8.78 Å². The van der Waals surface area contributed by atoms with Crippen LogP contribution in [-0.2, 0) is 0 Å². The molecule has 1 heterocycles. The third-order valence-corrected chi connectivity index (χ3v) is 3.44. The number of rotatable bonds is 2. The third kappa shape index (κ3) is 2.83. The van der Waals surface area contributed by atoms with Crippen molar-refractivity contribution in [3.8, 4) is 6.07 Å². The maximum absolute atomic E-state index is 13.7. The number of hydrogen-bond acceptors (Lipinski definition) is 4. The fourth-order valence-electron chi connectivity index (χ4n) is 1.47. The minimum atomic E-state index is -0.769. The molecule has 0 atom stereocenters. The van der Waals surface area contributed by atoms with Gasteiger partial charge in [-0.3, -0.25) is 0 Å². The molecule has 3 nitrogen and oxygen atoms in total. The Morgan fingerprint density at radius 2 is 1.89 bits per heavy atom. The zero-order valence-electron chi connectivity index (χ0n) is 9.95. The van der Waals surface area contributed by atoms with Crippen molar-refractivity contribution in [1.82, 2.24) is 4.98 Å². The Labute approximate surface area is 113 Å². The Bertz CT molecular complexity index is 657. The van der Waals surface area contributed by atoms with Crippen LogP contribution in [0.3, 0.4) is 0 Å². The lowest BCUT2D eigenvalue weighted by molar-refractivity contribution is 0.541. The fraction of sp³-hybridized carbons (Fsp3) is 0.0769. The van der Waals surface area contributed by atoms with Crippen LogP contribution in [0.5, 0.6) is 0 Å². The molecule has 0 amide bonds. The molecule has 0 fully saturated rings. The molecule has 0 radical (unpaired) electrons. The molecule has 0 unspecified atom stereocenters. The van der Waals surface area contributed by atoms with Gasteiger partial charge in [-0.2, -0.15) is 5.26 Å². The Kier molecular flexibility index (Phi) is 3.67. The molecule has 0 spiro atoms. The second-order valence-corrected chi connectivity index (χ2v) is 4.83. The van der Waals surface area contributed by atoms with Gasteiger partial charge in [-0.1, -0.05) is 11.8 Å². The van der Waals surface area contributed by atoms with Gasteiger partial charge in [0.1, 0.15) is 22.7 Å². The van der Waals surface area contributed by atoms with Crippen molar-refractivity contribution in [1.29, 1.82) is 5.26 Å². The average molecular weight is 277 g/mol. The highest BCUT2D eigenvalue weighted by atomic mass is 32.2. The van der Waals surface area contributed by atoms with Crippen molar-refractivity contribution in [2.45, 2.75) is 16.8 Å². The first-order chi connectivity index (χ1) is 9.01. The van der Waals surface area contributed by atoms with Crippen molar-refractivity contribution in [3.05, 3.63) is 47.2 Å². The van der Waals surface area contributed by atoms with Gasteiger partial charge < -0.3 is 5.73 Å². The minimum Gasteiger partial charge on any atom is -0.399 e. The van der Waals surface area contributed by atoms with Gasteiger partial charge in [0.2, 0.25) is 0 Å². The third-order valence-electron chi connectivity index (χ3n) is 2.34. The monoisotopic (exact) mass is 277 g/mol. The first kappa shape index (κ1) is 13.3. The maximum atomic E-state index is 13.7. The number of nitrogens with two attached hydrogens (primary N) is 1. The summed E-state index contributed by atoms with van der Waals surface area (Å²) in [6, 6.07) is 7.24. The summed E-state index contributed by atoms with van der Waals surface area (Å²) in [6.07, 6.45) is 0. The quantitative estimate of drug-likeness (QED) is 0.856. The van der Waals surface area contributed by atoms with E-state index in [4.69, 9.17) is 11.0 Å². The molecule has 2 N–H and O–H groups in total. The summed E-state index contributed by atoms with van der Waals surface area (Å²) in [6.45, 7) is 1.74. The van der Waals surface area contributed by atoms with Crippen LogP contribution in [0.15, 0.2) is 34.2 Å².